The third-order valence-corrected chi connectivity index (χ3v) is 4.68. The summed E-state index contributed by atoms with van der Waals surface area (Å²) < 4.78 is 0. The van der Waals surface area contributed by atoms with Crippen molar-refractivity contribution >= 4 is 17.2 Å². The number of nitrogens with one attached hydrogen (secondary N) is 2. The molecule has 0 aliphatic heterocycles. The van der Waals surface area contributed by atoms with Crippen molar-refractivity contribution in [2.45, 2.75) is 6.54 Å². The van der Waals surface area contributed by atoms with Gasteiger partial charge in [-0.25, -0.2) is 0 Å². The Morgan fingerprint density at radius 1 is 1.04 bits per heavy atom. The van der Waals surface area contributed by atoms with Crippen LogP contribution in [0.4, 0.5) is 0 Å². The van der Waals surface area contributed by atoms with E-state index in [1.54, 1.807) is 23.6 Å². The molecule has 1 amide bonds. The van der Waals surface area contributed by atoms with Gasteiger partial charge in [0.05, 0.1) is 5.69 Å². The van der Waals surface area contributed by atoms with Crippen LogP contribution in [0.1, 0.15) is 16.1 Å². The van der Waals surface area contributed by atoms with E-state index in [0.717, 1.165) is 27.9 Å². The average Bonchev–Trinajstić information content (AvgIpc) is 3.39. The lowest BCUT2D eigenvalue weighted by atomic mass is 10.1. The first-order chi connectivity index (χ1) is 12.8. The zero-order chi connectivity index (χ0) is 17.8. The molecule has 4 rings (SSSR count). The minimum absolute atomic E-state index is 0.194. The van der Waals surface area contributed by atoms with E-state index >= 15 is 0 Å². The van der Waals surface area contributed by atoms with Crippen LogP contribution in [0.25, 0.3) is 22.4 Å². The Bertz CT molecular complexity index is 1010. The third kappa shape index (κ3) is 3.55. The number of rotatable bonds is 5. The SMILES string of the molecule is O=C(NCc1cncc(-c2ccsc2)c1)c1cc(-c2ccccc2)n[nH]1. The lowest BCUT2D eigenvalue weighted by Gasteiger charge is -2.05. The van der Waals surface area contributed by atoms with Crippen LogP contribution in [-0.2, 0) is 6.54 Å². The van der Waals surface area contributed by atoms with Crippen molar-refractivity contribution < 1.29 is 4.79 Å². The molecule has 0 radical (unpaired) electrons. The molecule has 0 atom stereocenters. The minimum atomic E-state index is -0.194. The second-order valence-corrected chi connectivity index (χ2v) is 6.59. The highest BCUT2D eigenvalue weighted by atomic mass is 32.1. The second kappa shape index (κ2) is 7.33. The number of carbonyl (C=O) groups is 1. The first-order valence-electron chi connectivity index (χ1n) is 8.15. The minimum Gasteiger partial charge on any atom is -0.347 e. The fourth-order valence-electron chi connectivity index (χ4n) is 2.64. The Balaban J connectivity index is 1.43. The van der Waals surface area contributed by atoms with E-state index in [1.807, 2.05) is 48.0 Å². The van der Waals surface area contributed by atoms with Crippen LogP contribution in [0.5, 0.6) is 0 Å². The normalized spacial score (nSPS) is 10.6. The van der Waals surface area contributed by atoms with Gasteiger partial charge in [0.15, 0.2) is 0 Å². The van der Waals surface area contributed by atoms with Crippen molar-refractivity contribution in [1.82, 2.24) is 20.5 Å². The molecule has 3 heterocycles. The summed E-state index contributed by atoms with van der Waals surface area (Å²) in [5, 5.41) is 14.0. The molecule has 0 aliphatic carbocycles. The Kier molecular flexibility index (Phi) is 4.57. The van der Waals surface area contributed by atoms with Crippen molar-refractivity contribution in [3.63, 3.8) is 0 Å². The van der Waals surface area contributed by atoms with Crippen molar-refractivity contribution in [3.05, 3.63) is 82.9 Å². The molecule has 128 valence electrons. The van der Waals surface area contributed by atoms with Gasteiger partial charge in [0, 0.05) is 30.1 Å². The number of benzene rings is 1. The fourth-order valence-corrected chi connectivity index (χ4v) is 3.31. The summed E-state index contributed by atoms with van der Waals surface area (Å²) in [4.78, 5) is 16.6. The van der Waals surface area contributed by atoms with E-state index in [9.17, 15) is 4.79 Å². The summed E-state index contributed by atoms with van der Waals surface area (Å²) in [6.07, 6.45) is 3.59. The van der Waals surface area contributed by atoms with Gasteiger partial charge in [-0.2, -0.15) is 16.4 Å². The molecule has 0 spiro atoms. The maximum atomic E-state index is 12.4. The summed E-state index contributed by atoms with van der Waals surface area (Å²) in [5.74, 6) is -0.194. The van der Waals surface area contributed by atoms with Crippen molar-refractivity contribution in [3.8, 4) is 22.4 Å². The van der Waals surface area contributed by atoms with Crippen LogP contribution in [0.2, 0.25) is 0 Å². The van der Waals surface area contributed by atoms with Gasteiger partial charge < -0.3 is 5.32 Å². The van der Waals surface area contributed by atoms with Crippen LogP contribution in [0.3, 0.4) is 0 Å². The summed E-state index contributed by atoms with van der Waals surface area (Å²) in [6, 6.07) is 15.6. The quantitative estimate of drug-likeness (QED) is 0.562. The van der Waals surface area contributed by atoms with E-state index < -0.39 is 0 Å². The molecule has 0 unspecified atom stereocenters. The number of hydrogen-bond donors (Lipinski definition) is 2. The largest absolute Gasteiger partial charge is 0.347 e. The third-order valence-electron chi connectivity index (χ3n) is 3.99. The number of H-pyrrole nitrogens is 1. The van der Waals surface area contributed by atoms with Gasteiger partial charge in [0.25, 0.3) is 5.91 Å². The van der Waals surface area contributed by atoms with Crippen LogP contribution < -0.4 is 5.32 Å². The molecule has 3 aromatic heterocycles. The standard InChI is InChI=1S/C20H16N4OS/c25-20(19-9-18(23-24-19)15-4-2-1-3-5-15)22-11-14-8-17(12-21-10-14)16-6-7-26-13-16/h1-10,12-13H,11H2,(H,22,25)(H,23,24). The van der Waals surface area contributed by atoms with E-state index in [2.05, 4.69) is 31.9 Å². The molecule has 0 saturated heterocycles. The smallest absolute Gasteiger partial charge is 0.269 e. The molecule has 2 N–H and O–H groups in total. The molecule has 4 aromatic rings. The maximum Gasteiger partial charge on any atom is 0.269 e. The molecule has 0 saturated carbocycles. The van der Waals surface area contributed by atoms with Gasteiger partial charge >= 0.3 is 0 Å². The van der Waals surface area contributed by atoms with Gasteiger partial charge in [0.1, 0.15) is 5.69 Å². The zero-order valence-electron chi connectivity index (χ0n) is 13.8. The number of nitrogens with zero attached hydrogens (tertiary/aromatic N) is 2. The predicted octanol–water partition coefficient (Wildman–Crippen LogP) is 4.13. The van der Waals surface area contributed by atoms with Gasteiger partial charge in [-0.1, -0.05) is 30.3 Å². The lowest BCUT2D eigenvalue weighted by Crippen LogP contribution is -2.23. The summed E-state index contributed by atoms with van der Waals surface area (Å²) >= 11 is 1.65. The Morgan fingerprint density at radius 2 is 1.92 bits per heavy atom. The number of carbonyl (C=O) groups excluding carboxylic acids is 1. The molecule has 0 bridgehead atoms. The van der Waals surface area contributed by atoms with Crippen LogP contribution in [0.15, 0.2) is 71.7 Å². The van der Waals surface area contributed by atoms with Gasteiger partial charge in [-0.3, -0.25) is 14.9 Å². The summed E-state index contributed by atoms with van der Waals surface area (Å²) in [7, 11) is 0. The number of thiophene rings is 1. The van der Waals surface area contributed by atoms with Crippen molar-refractivity contribution in [2.24, 2.45) is 0 Å². The van der Waals surface area contributed by atoms with Gasteiger partial charge in [-0.15, -0.1) is 0 Å². The van der Waals surface area contributed by atoms with Gasteiger partial charge in [0.2, 0.25) is 0 Å². The average molecular weight is 360 g/mol. The molecule has 1 aromatic carbocycles. The number of amides is 1. The molecule has 5 nitrogen and oxygen atoms in total. The van der Waals surface area contributed by atoms with Crippen molar-refractivity contribution in [1.29, 1.82) is 0 Å². The van der Waals surface area contributed by atoms with Crippen LogP contribution in [-0.4, -0.2) is 21.1 Å². The van der Waals surface area contributed by atoms with E-state index in [0.29, 0.717) is 12.2 Å². The monoisotopic (exact) mass is 360 g/mol. The van der Waals surface area contributed by atoms with E-state index in [1.165, 1.54) is 0 Å². The summed E-state index contributed by atoms with van der Waals surface area (Å²) in [5.41, 5.74) is 5.28. The number of aromatic nitrogens is 3. The van der Waals surface area contributed by atoms with Crippen LogP contribution in [0, 0.1) is 0 Å². The summed E-state index contributed by atoms with van der Waals surface area (Å²) in [6.45, 7) is 0.406. The Morgan fingerprint density at radius 3 is 2.73 bits per heavy atom. The number of aromatic amines is 1. The van der Waals surface area contributed by atoms with E-state index in [-0.39, 0.29) is 5.91 Å². The lowest BCUT2D eigenvalue weighted by molar-refractivity contribution is 0.0946. The van der Waals surface area contributed by atoms with Gasteiger partial charge in [-0.05, 0) is 40.1 Å². The fraction of sp³-hybridized carbons (Fsp3) is 0.0500. The topological polar surface area (TPSA) is 70.7 Å². The molecule has 0 fully saturated rings. The number of hydrogen-bond acceptors (Lipinski definition) is 4. The first kappa shape index (κ1) is 16.2. The second-order valence-electron chi connectivity index (χ2n) is 5.81. The number of pyridine rings is 1. The van der Waals surface area contributed by atoms with E-state index in [4.69, 9.17) is 0 Å². The molecular weight excluding hydrogens is 344 g/mol. The highest BCUT2D eigenvalue weighted by Crippen LogP contribution is 2.22. The Labute approximate surface area is 154 Å². The predicted molar refractivity (Wildman–Crippen MR) is 103 cm³/mol. The Hall–Kier alpha value is -3.25. The molecule has 6 heteroatoms. The maximum absolute atomic E-state index is 12.4. The van der Waals surface area contributed by atoms with Crippen LogP contribution >= 0.6 is 11.3 Å². The molecular formula is C20H16N4OS. The molecule has 0 aliphatic rings. The zero-order valence-corrected chi connectivity index (χ0v) is 14.7. The van der Waals surface area contributed by atoms with Crippen molar-refractivity contribution in [2.75, 3.05) is 0 Å². The highest BCUT2D eigenvalue weighted by molar-refractivity contribution is 7.08. The molecule has 26 heavy (non-hydrogen) atoms. The first-order valence-corrected chi connectivity index (χ1v) is 9.09. The highest BCUT2D eigenvalue weighted by Gasteiger charge is 2.11.